The van der Waals surface area contributed by atoms with Crippen molar-refractivity contribution in [3.05, 3.63) is 67.8 Å². The molecule has 1 N–H and O–H groups in total. The maximum atomic E-state index is 12.9. The maximum Gasteiger partial charge on any atom is 1.00 e. The van der Waals surface area contributed by atoms with Gasteiger partial charge in [-0.15, -0.1) is 12.1 Å². The molecule has 7 nitrogen and oxygen atoms in total. The van der Waals surface area contributed by atoms with Gasteiger partial charge in [0.1, 0.15) is 11.6 Å². The van der Waals surface area contributed by atoms with Crippen LogP contribution in [0.3, 0.4) is 0 Å². The summed E-state index contributed by atoms with van der Waals surface area (Å²) in [6.07, 6.45) is -0.121. The molecule has 0 unspecified atom stereocenters. The standard InChI is InChI=1S/C20H20F3N5O2S.CH3.Li/c1-13(20(21,22)23)10-16(30-17-4-3-7-24-14(17)2)11-25-19-26-18(27-31-19)15-5-8-28(12-29)9-6-15;;/h1,3-4,7,10-12,15H,5-6,8-9H2,2H3,(H,25,26,27);1H3;/q-2;-1;+1/b16-10+;;. The van der Waals surface area contributed by atoms with Crippen LogP contribution in [0.25, 0.3) is 0 Å². The molecule has 0 aromatic carbocycles. The summed E-state index contributed by atoms with van der Waals surface area (Å²) in [5.74, 6) is 0.896. The minimum Gasteiger partial charge on any atom is -0.491 e. The first kappa shape index (κ1) is 28.6. The van der Waals surface area contributed by atoms with Gasteiger partial charge in [-0.3, -0.25) is 16.4 Å². The molecule has 1 amide bonds. The van der Waals surface area contributed by atoms with Crippen LogP contribution < -0.4 is 28.9 Å². The van der Waals surface area contributed by atoms with E-state index in [1.54, 1.807) is 30.2 Å². The Bertz CT molecular complexity index is 959. The number of nitrogens with one attached hydrogen (secondary N) is 1. The molecule has 1 aliphatic rings. The van der Waals surface area contributed by atoms with E-state index in [2.05, 4.69) is 19.7 Å². The zero-order chi connectivity index (χ0) is 22.4. The van der Waals surface area contributed by atoms with Crippen LogP contribution in [0.1, 0.15) is 30.3 Å². The third-order valence-corrected chi connectivity index (χ3v) is 5.30. The van der Waals surface area contributed by atoms with Gasteiger partial charge in [-0.2, -0.15) is 23.6 Å². The van der Waals surface area contributed by atoms with Crippen LogP contribution in [0.15, 0.2) is 35.7 Å². The smallest absolute Gasteiger partial charge is 0.491 e. The Labute approximate surface area is 207 Å². The first-order valence-electron chi connectivity index (χ1n) is 9.39. The second-order valence-electron chi connectivity index (χ2n) is 6.85. The fraction of sp³-hybridized carbons (Fsp3) is 0.333. The molecule has 0 aliphatic carbocycles. The van der Waals surface area contributed by atoms with E-state index >= 15 is 0 Å². The number of allylic oxidation sites excluding steroid dienone is 2. The number of amides is 1. The number of nitrogens with zero attached hydrogens (tertiary/aromatic N) is 4. The van der Waals surface area contributed by atoms with Gasteiger partial charge < -0.3 is 22.4 Å². The number of rotatable bonds is 8. The summed E-state index contributed by atoms with van der Waals surface area (Å²) in [5, 5.41) is 3.22. The molecule has 3 heterocycles. The van der Waals surface area contributed by atoms with Gasteiger partial charge in [0.2, 0.25) is 6.41 Å². The number of ether oxygens (including phenoxy) is 1. The van der Waals surface area contributed by atoms with Crippen LogP contribution in [-0.4, -0.2) is 44.9 Å². The van der Waals surface area contributed by atoms with Gasteiger partial charge in [0.05, 0.1) is 5.69 Å². The minimum absolute atomic E-state index is 0. The number of alkyl halides is 3. The number of piperidine rings is 1. The van der Waals surface area contributed by atoms with E-state index in [9.17, 15) is 18.0 Å². The van der Waals surface area contributed by atoms with E-state index in [1.165, 1.54) is 6.54 Å². The van der Waals surface area contributed by atoms with Gasteiger partial charge in [0.25, 0.3) is 0 Å². The van der Waals surface area contributed by atoms with E-state index in [4.69, 9.17) is 11.3 Å². The zero-order valence-corrected chi connectivity index (χ0v) is 19.4. The molecule has 0 radical (unpaired) electrons. The fourth-order valence-electron chi connectivity index (χ4n) is 2.90. The molecule has 1 aliphatic heterocycles. The summed E-state index contributed by atoms with van der Waals surface area (Å²) in [4.78, 5) is 21.0. The van der Waals surface area contributed by atoms with Crippen LogP contribution in [0, 0.1) is 27.5 Å². The molecule has 0 bridgehead atoms. The van der Waals surface area contributed by atoms with E-state index in [0.29, 0.717) is 41.6 Å². The van der Waals surface area contributed by atoms with Crippen LogP contribution in [0.5, 0.6) is 5.75 Å². The van der Waals surface area contributed by atoms with Crippen LogP contribution in [0.4, 0.5) is 18.3 Å². The summed E-state index contributed by atoms with van der Waals surface area (Å²) in [5.41, 5.74) is -0.797. The minimum atomic E-state index is -4.70. The summed E-state index contributed by atoms with van der Waals surface area (Å²) in [6.45, 7) is 9.34. The van der Waals surface area contributed by atoms with E-state index in [1.807, 2.05) is 0 Å². The van der Waals surface area contributed by atoms with Crippen molar-refractivity contribution in [2.75, 3.05) is 18.4 Å². The Morgan fingerprint density at radius 1 is 1.39 bits per heavy atom. The predicted molar refractivity (Wildman–Crippen MR) is 115 cm³/mol. The second kappa shape index (κ2) is 12.7. The van der Waals surface area contributed by atoms with Crippen molar-refractivity contribution in [3.63, 3.8) is 0 Å². The average molecular weight is 473 g/mol. The molecular formula is C21H23F3LiN5O2S-2. The SMILES string of the molecule is [CH-]=C(/C=C(\[CH-]Nc1nc(C2CCN(C=O)CC2)ns1)Oc1cccnc1C)C(F)(F)F.[CH3-].[Li+]. The number of carbonyl (C=O) groups excluding carboxylic acids is 1. The number of halogens is 3. The van der Waals surface area contributed by atoms with Crippen molar-refractivity contribution in [3.8, 4) is 5.75 Å². The molecule has 0 spiro atoms. The number of hydrogen-bond donors (Lipinski definition) is 1. The van der Waals surface area contributed by atoms with Crippen LogP contribution >= 0.6 is 11.5 Å². The number of aryl methyl sites for hydroxylation is 1. The molecule has 3 rings (SSSR count). The number of hydrogen-bond acceptors (Lipinski definition) is 7. The molecule has 0 saturated carbocycles. The summed E-state index contributed by atoms with van der Waals surface area (Å²) < 4.78 is 48.6. The van der Waals surface area contributed by atoms with Gasteiger partial charge in [-0.1, -0.05) is 0 Å². The third kappa shape index (κ3) is 8.10. The van der Waals surface area contributed by atoms with Crippen molar-refractivity contribution >= 4 is 23.1 Å². The Hall–Kier alpha value is -2.48. The molecule has 0 atom stereocenters. The molecule has 174 valence electrons. The molecule has 2 aromatic rings. The molecule has 1 saturated heterocycles. The van der Waals surface area contributed by atoms with Gasteiger partial charge >= 0.3 is 25.0 Å². The maximum absolute atomic E-state index is 12.9. The second-order valence-corrected chi connectivity index (χ2v) is 7.60. The fourth-order valence-corrected chi connectivity index (χ4v) is 3.51. The monoisotopic (exact) mass is 473 g/mol. The number of aromatic nitrogens is 3. The quantitative estimate of drug-likeness (QED) is 0.206. The van der Waals surface area contributed by atoms with E-state index < -0.39 is 11.7 Å². The van der Waals surface area contributed by atoms with Gasteiger partial charge in [0, 0.05) is 36.7 Å². The Kier molecular flexibility index (Phi) is 11.0. The molecule has 1 fully saturated rings. The largest absolute Gasteiger partial charge is 1.00 e. The van der Waals surface area contributed by atoms with E-state index in [-0.39, 0.29) is 38.0 Å². The Morgan fingerprint density at radius 2 is 2.09 bits per heavy atom. The summed E-state index contributed by atoms with van der Waals surface area (Å²) >= 11 is 1.08. The topological polar surface area (TPSA) is 80.2 Å². The van der Waals surface area contributed by atoms with E-state index in [0.717, 1.165) is 30.8 Å². The normalized spacial score (nSPS) is 14.5. The van der Waals surface area contributed by atoms with Crippen molar-refractivity contribution < 1.29 is 41.6 Å². The van der Waals surface area contributed by atoms with Crippen molar-refractivity contribution in [2.24, 2.45) is 0 Å². The zero-order valence-electron chi connectivity index (χ0n) is 18.6. The Balaban J connectivity index is 0.00000272. The molecule has 2 aromatic heterocycles. The van der Waals surface area contributed by atoms with Gasteiger partial charge in [-0.05, 0) is 37.7 Å². The number of pyridine rings is 1. The van der Waals surface area contributed by atoms with Crippen molar-refractivity contribution in [1.29, 1.82) is 0 Å². The average Bonchev–Trinajstić information content (AvgIpc) is 3.22. The number of carbonyl (C=O) groups is 1. The van der Waals surface area contributed by atoms with Gasteiger partial charge in [0.15, 0.2) is 5.13 Å². The summed E-state index contributed by atoms with van der Waals surface area (Å²) in [6, 6.07) is 3.19. The number of anilines is 1. The number of likely N-dealkylation sites (tertiary alicyclic amines) is 1. The summed E-state index contributed by atoms with van der Waals surface area (Å²) in [7, 11) is 0. The molecular weight excluding hydrogens is 450 g/mol. The first-order valence-corrected chi connectivity index (χ1v) is 10.2. The Morgan fingerprint density at radius 3 is 2.70 bits per heavy atom. The van der Waals surface area contributed by atoms with Crippen LogP contribution in [-0.2, 0) is 4.79 Å². The van der Waals surface area contributed by atoms with Crippen molar-refractivity contribution in [1.82, 2.24) is 19.2 Å². The van der Waals surface area contributed by atoms with Gasteiger partial charge in [-0.25, -0.2) is 4.98 Å². The van der Waals surface area contributed by atoms with Crippen LogP contribution in [0.2, 0.25) is 0 Å². The molecule has 12 heteroatoms. The van der Waals surface area contributed by atoms with Crippen molar-refractivity contribution in [2.45, 2.75) is 31.9 Å². The molecule has 33 heavy (non-hydrogen) atoms. The first-order chi connectivity index (χ1) is 14.8. The predicted octanol–water partition coefficient (Wildman–Crippen LogP) is 1.49. The third-order valence-electron chi connectivity index (χ3n) is 4.63.